The van der Waals surface area contributed by atoms with Gasteiger partial charge in [0.2, 0.25) is 10.0 Å². The molecule has 0 saturated carbocycles. The largest absolute Gasteiger partial charge is 0.416 e. The highest BCUT2D eigenvalue weighted by Crippen LogP contribution is 2.32. The van der Waals surface area contributed by atoms with E-state index in [2.05, 4.69) is 4.90 Å². The number of rotatable bonds is 5. The summed E-state index contributed by atoms with van der Waals surface area (Å²) in [5.41, 5.74) is 0.815. The van der Waals surface area contributed by atoms with Crippen LogP contribution in [-0.4, -0.2) is 57.9 Å². The van der Waals surface area contributed by atoms with Gasteiger partial charge >= 0.3 is 6.18 Å². The van der Waals surface area contributed by atoms with Crippen molar-refractivity contribution >= 4 is 15.7 Å². The van der Waals surface area contributed by atoms with E-state index in [1.165, 1.54) is 30.5 Å². The number of anilines is 1. The highest BCUT2D eigenvalue weighted by Gasteiger charge is 2.31. The first kappa shape index (κ1) is 21.6. The molecule has 2 aromatic carbocycles. The van der Waals surface area contributed by atoms with Crippen molar-refractivity contribution < 1.29 is 21.6 Å². The molecule has 3 rings (SSSR count). The van der Waals surface area contributed by atoms with E-state index in [1.807, 2.05) is 11.0 Å². The summed E-state index contributed by atoms with van der Waals surface area (Å²) in [5.74, 6) is 0. The lowest BCUT2D eigenvalue weighted by atomic mass is 10.1. The van der Waals surface area contributed by atoms with Crippen molar-refractivity contribution in [2.75, 3.05) is 45.2 Å². The number of sulfonamides is 1. The van der Waals surface area contributed by atoms with Crippen LogP contribution in [0.4, 0.5) is 18.9 Å². The first-order chi connectivity index (χ1) is 13.6. The van der Waals surface area contributed by atoms with Gasteiger partial charge in [0, 0.05) is 52.5 Å². The molecule has 1 aliphatic heterocycles. The van der Waals surface area contributed by atoms with Crippen LogP contribution in [0, 0.1) is 0 Å². The molecule has 1 heterocycles. The molecule has 1 aliphatic rings. The van der Waals surface area contributed by atoms with E-state index >= 15 is 0 Å². The van der Waals surface area contributed by atoms with Crippen LogP contribution in [0.25, 0.3) is 0 Å². The Morgan fingerprint density at radius 2 is 1.62 bits per heavy atom. The molecule has 5 nitrogen and oxygen atoms in total. The van der Waals surface area contributed by atoms with Crippen molar-refractivity contribution in [1.82, 2.24) is 9.21 Å². The van der Waals surface area contributed by atoms with Gasteiger partial charge in [0.1, 0.15) is 0 Å². The van der Waals surface area contributed by atoms with Crippen LogP contribution < -0.4 is 4.90 Å². The third-order valence-electron chi connectivity index (χ3n) is 4.99. The molecule has 9 heteroatoms. The molecule has 158 valence electrons. The molecule has 0 atom stereocenters. The van der Waals surface area contributed by atoms with Gasteiger partial charge in [-0.15, -0.1) is 0 Å². The van der Waals surface area contributed by atoms with E-state index < -0.39 is 21.8 Å². The van der Waals surface area contributed by atoms with Crippen LogP contribution >= 0.6 is 0 Å². The normalized spacial score (nSPS) is 16.4. The van der Waals surface area contributed by atoms with Crippen molar-refractivity contribution in [1.29, 1.82) is 0 Å². The zero-order valence-corrected chi connectivity index (χ0v) is 17.2. The zero-order valence-electron chi connectivity index (χ0n) is 16.4. The maximum Gasteiger partial charge on any atom is 0.416 e. The summed E-state index contributed by atoms with van der Waals surface area (Å²) in [6.45, 7) is 3.17. The van der Waals surface area contributed by atoms with Gasteiger partial charge in [-0.25, -0.2) is 12.7 Å². The minimum Gasteiger partial charge on any atom is -0.369 e. The van der Waals surface area contributed by atoms with E-state index in [0.29, 0.717) is 38.4 Å². The van der Waals surface area contributed by atoms with Crippen molar-refractivity contribution in [3.63, 3.8) is 0 Å². The predicted octanol–water partition coefficient (Wildman–Crippen LogP) is 3.28. The quantitative estimate of drug-likeness (QED) is 0.735. The molecule has 1 saturated heterocycles. The maximum atomic E-state index is 12.9. The highest BCUT2D eigenvalue weighted by molar-refractivity contribution is 7.89. The summed E-state index contributed by atoms with van der Waals surface area (Å²) in [5, 5.41) is 0. The van der Waals surface area contributed by atoms with E-state index in [9.17, 15) is 21.6 Å². The summed E-state index contributed by atoms with van der Waals surface area (Å²) in [6, 6.07) is 12.2. The van der Waals surface area contributed by atoms with E-state index in [-0.39, 0.29) is 4.90 Å². The first-order valence-electron chi connectivity index (χ1n) is 9.23. The molecule has 0 N–H and O–H groups in total. The number of piperazine rings is 1. The lowest BCUT2D eigenvalue weighted by Crippen LogP contribution is -2.46. The summed E-state index contributed by atoms with van der Waals surface area (Å²) in [7, 11) is -0.496. The maximum absolute atomic E-state index is 12.9. The minimum atomic E-state index is -4.35. The lowest BCUT2D eigenvalue weighted by molar-refractivity contribution is -0.137. The Kier molecular flexibility index (Phi) is 6.21. The van der Waals surface area contributed by atoms with Gasteiger partial charge in [0.25, 0.3) is 0 Å². The van der Waals surface area contributed by atoms with Crippen molar-refractivity contribution in [2.24, 2.45) is 0 Å². The fourth-order valence-corrected chi connectivity index (χ4v) is 4.29. The van der Waals surface area contributed by atoms with Gasteiger partial charge in [-0.1, -0.05) is 18.2 Å². The zero-order chi connectivity index (χ0) is 21.2. The van der Waals surface area contributed by atoms with E-state index in [1.54, 1.807) is 24.3 Å². The Labute approximate surface area is 169 Å². The fourth-order valence-electron chi connectivity index (χ4n) is 3.32. The molecule has 0 aliphatic carbocycles. The summed E-state index contributed by atoms with van der Waals surface area (Å²) >= 11 is 0. The molecule has 2 aromatic rings. The molecule has 0 spiro atoms. The standard InChI is InChI=1S/C20H24F3N3O2S/c1-24(2)29(27,28)19-8-3-5-16(13-19)15-25-9-11-26(12-10-25)18-7-4-6-17(14-18)20(21,22)23/h3-8,13-14H,9-12,15H2,1-2H3. The molecular weight excluding hydrogens is 403 g/mol. The lowest BCUT2D eigenvalue weighted by Gasteiger charge is -2.36. The van der Waals surface area contributed by atoms with Crippen LogP contribution in [-0.2, 0) is 22.7 Å². The fraction of sp³-hybridized carbons (Fsp3) is 0.400. The SMILES string of the molecule is CN(C)S(=O)(=O)c1cccc(CN2CCN(c3cccc(C(F)(F)F)c3)CC2)c1. The molecular formula is C20H24F3N3O2S. The van der Waals surface area contributed by atoms with E-state index in [0.717, 1.165) is 11.6 Å². The second kappa shape index (κ2) is 8.33. The minimum absolute atomic E-state index is 0.252. The third-order valence-corrected chi connectivity index (χ3v) is 6.81. The van der Waals surface area contributed by atoms with Crippen molar-refractivity contribution in [2.45, 2.75) is 17.6 Å². The van der Waals surface area contributed by atoms with Crippen LogP contribution in [0.3, 0.4) is 0 Å². The summed E-state index contributed by atoms with van der Waals surface area (Å²) in [4.78, 5) is 4.37. The van der Waals surface area contributed by atoms with Crippen LogP contribution in [0.1, 0.15) is 11.1 Å². The van der Waals surface area contributed by atoms with Crippen LogP contribution in [0.15, 0.2) is 53.4 Å². The molecule has 0 radical (unpaired) electrons. The van der Waals surface area contributed by atoms with Crippen LogP contribution in [0.2, 0.25) is 0 Å². The second-order valence-corrected chi connectivity index (χ2v) is 9.40. The van der Waals surface area contributed by atoms with Gasteiger partial charge in [-0.05, 0) is 35.9 Å². The topological polar surface area (TPSA) is 43.9 Å². The Morgan fingerprint density at radius 3 is 2.24 bits per heavy atom. The molecule has 0 bridgehead atoms. The predicted molar refractivity (Wildman–Crippen MR) is 106 cm³/mol. The second-order valence-electron chi connectivity index (χ2n) is 7.25. The van der Waals surface area contributed by atoms with Gasteiger partial charge < -0.3 is 4.90 Å². The number of benzene rings is 2. The van der Waals surface area contributed by atoms with Gasteiger partial charge in [0.15, 0.2) is 0 Å². The van der Waals surface area contributed by atoms with Gasteiger partial charge in [-0.2, -0.15) is 13.2 Å². The molecule has 0 unspecified atom stereocenters. The number of hydrogen-bond acceptors (Lipinski definition) is 4. The third kappa shape index (κ3) is 5.09. The van der Waals surface area contributed by atoms with E-state index in [4.69, 9.17) is 0 Å². The number of alkyl halides is 3. The summed E-state index contributed by atoms with van der Waals surface area (Å²) < 4.78 is 64.6. The molecule has 1 fully saturated rings. The van der Waals surface area contributed by atoms with Crippen molar-refractivity contribution in [3.05, 3.63) is 59.7 Å². The van der Waals surface area contributed by atoms with Gasteiger partial charge in [-0.3, -0.25) is 4.90 Å². The first-order valence-corrected chi connectivity index (χ1v) is 10.7. The number of hydrogen-bond donors (Lipinski definition) is 0. The molecule has 0 aromatic heterocycles. The Morgan fingerprint density at radius 1 is 0.966 bits per heavy atom. The average molecular weight is 427 g/mol. The number of halogens is 3. The Balaban J connectivity index is 1.64. The van der Waals surface area contributed by atoms with Gasteiger partial charge in [0.05, 0.1) is 10.5 Å². The smallest absolute Gasteiger partial charge is 0.369 e. The average Bonchev–Trinajstić information content (AvgIpc) is 2.68. The van der Waals surface area contributed by atoms with Crippen molar-refractivity contribution in [3.8, 4) is 0 Å². The highest BCUT2D eigenvalue weighted by atomic mass is 32.2. The molecule has 29 heavy (non-hydrogen) atoms. The number of nitrogens with zero attached hydrogens (tertiary/aromatic N) is 3. The van der Waals surface area contributed by atoms with Crippen LogP contribution in [0.5, 0.6) is 0 Å². The summed E-state index contributed by atoms with van der Waals surface area (Å²) in [6.07, 6.45) is -4.35. The molecule has 0 amide bonds. The Hall–Kier alpha value is -2.10. The monoisotopic (exact) mass is 427 g/mol. The Bertz CT molecular complexity index is 953.